The maximum absolute atomic E-state index is 12.7. The Morgan fingerprint density at radius 3 is 2.60 bits per heavy atom. The second-order valence-electron chi connectivity index (χ2n) is 6.67. The lowest BCUT2D eigenvalue weighted by Gasteiger charge is -2.16. The molecule has 1 atom stereocenters. The van der Waals surface area contributed by atoms with Gasteiger partial charge in [-0.05, 0) is 55.1 Å². The van der Waals surface area contributed by atoms with E-state index in [1.807, 2.05) is 31.2 Å². The Bertz CT molecular complexity index is 1050. The summed E-state index contributed by atoms with van der Waals surface area (Å²) in [6, 6.07) is 14.5. The van der Waals surface area contributed by atoms with E-state index in [0.29, 0.717) is 6.54 Å². The predicted molar refractivity (Wildman–Crippen MR) is 126 cm³/mol. The minimum Gasteiger partial charge on any atom is -0.496 e. The van der Waals surface area contributed by atoms with Crippen LogP contribution in [0, 0.1) is 0 Å². The Hall–Kier alpha value is -1.90. The van der Waals surface area contributed by atoms with Crippen LogP contribution in [0.15, 0.2) is 65.8 Å². The molecule has 1 aromatic heterocycles. The van der Waals surface area contributed by atoms with Crippen molar-refractivity contribution in [1.29, 1.82) is 0 Å². The highest BCUT2D eigenvalue weighted by molar-refractivity contribution is 7.89. The Balaban J connectivity index is 0.00000225. The van der Waals surface area contributed by atoms with Gasteiger partial charge in [-0.1, -0.05) is 24.3 Å². The SMILES string of the molecule is COc1ccccc1CCNC[C@@H](C)NS(=O)(=O)c1ccc2cnccc2c1.Cl.Cl. The number of para-hydroxylation sites is 1. The first-order chi connectivity index (χ1) is 13.5. The van der Waals surface area contributed by atoms with Crippen molar-refractivity contribution in [2.75, 3.05) is 20.2 Å². The zero-order valence-electron chi connectivity index (χ0n) is 16.9. The standard InChI is InChI=1S/C21H25N3O3S.2ClH/c1-16(14-22-11-9-17-5-3-4-6-21(17)27-2)24-28(25,26)20-8-7-19-15-23-12-10-18(19)13-20;;/h3-8,10,12-13,15-16,22,24H,9,11,14H2,1-2H3;2*1H/t16-;;/m1../s1. The van der Waals surface area contributed by atoms with Crippen LogP contribution in [0.2, 0.25) is 0 Å². The van der Waals surface area contributed by atoms with Gasteiger partial charge in [-0.25, -0.2) is 13.1 Å². The summed E-state index contributed by atoms with van der Waals surface area (Å²) in [5.74, 6) is 0.865. The Morgan fingerprint density at radius 2 is 1.83 bits per heavy atom. The molecule has 0 amide bonds. The van der Waals surface area contributed by atoms with E-state index in [-0.39, 0.29) is 35.8 Å². The van der Waals surface area contributed by atoms with E-state index in [0.717, 1.165) is 35.1 Å². The van der Waals surface area contributed by atoms with Crippen LogP contribution in [-0.4, -0.2) is 39.6 Å². The van der Waals surface area contributed by atoms with Gasteiger partial charge in [0.25, 0.3) is 0 Å². The topological polar surface area (TPSA) is 80.3 Å². The molecular formula is C21H27Cl2N3O3S. The molecule has 0 aliphatic carbocycles. The monoisotopic (exact) mass is 471 g/mol. The highest BCUT2D eigenvalue weighted by Gasteiger charge is 2.17. The first kappa shape index (κ1) is 26.1. The van der Waals surface area contributed by atoms with Crippen LogP contribution >= 0.6 is 24.8 Å². The number of sulfonamides is 1. The lowest BCUT2D eigenvalue weighted by Crippen LogP contribution is -2.40. The molecule has 0 bridgehead atoms. The fourth-order valence-corrected chi connectivity index (χ4v) is 4.33. The summed E-state index contributed by atoms with van der Waals surface area (Å²) in [4.78, 5) is 4.30. The van der Waals surface area contributed by atoms with Crippen molar-refractivity contribution in [3.8, 4) is 5.75 Å². The van der Waals surface area contributed by atoms with E-state index < -0.39 is 10.0 Å². The Labute approximate surface area is 190 Å². The van der Waals surface area contributed by atoms with Crippen molar-refractivity contribution in [3.05, 3.63) is 66.5 Å². The molecule has 0 spiro atoms. The molecule has 0 saturated heterocycles. The Morgan fingerprint density at radius 1 is 1.07 bits per heavy atom. The second-order valence-corrected chi connectivity index (χ2v) is 8.39. The molecule has 30 heavy (non-hydrogen) atoms. The number of methoxy groups -OCH3 is 1. The minimum atomic E-state index is -3.58. The molecule has 0 radical (unpaired) electrons. The largest absolute Gasteiger partial charge is 0.496 e. The molecule has 0 aliphatic heterocycles. The molecule has 3 rings (SSSR count). The number of hydrogen-bond acceptors (Lipinski definition) is 5. The summed E-state index contributed by atoms with van der Waals surface area (Å²) in [5, 5.41) is 5.06. The highest BCUT2D eigenvalue weighted by atomic mass is 35.5. The van der Waals surface area contributed by atoms with Crippen molar-refractivity contribution < 1.29 is 13.2 Å². The molecule has 3 aromatic rings. The number of fused-ring (bicyclic) bond motifs is 1. The van der Waals surface area contributed by atoms with Gasteiger partial charge >= 0.3 is 0 Å². The first-order valence-electron chi connectivity index (χ1n) is 9.18. The van der Waals surface area contributed by atoms with E-state index in [9.17, 15) is 8.42 Å². The third-order valence-corrected chi connectivity index (χ3v) is 6.08. The van der Waals surface area contributed by atoms with Gasteiger partial charge in [0.1, 0.15) is 5.75 Å². The van der Waals surface area contributed by atoms with Gasteiger partial charge in [0, 0.05) is 30.4 Å². The molecule has 0 fully saturated rings. The van der Waals surface area contributed by atoms with Gasteiger partial charge in [-0.3, -0.25) is 4.98 Å². The number of aromatic nitrogens is 1. The molecule has 0 aliphatic rings. The summed E-state index contributed by atoms with van der Waals surface area (Å²) in [6.45, 7) is 3.11. The van der Waals surface area contributed by atoms with Crippen molar-refractivity contribution in [2.24, 2.45) is 0 Å². The van der Waals surface area contributed by atoms with Crippen LogP contribution in [0.1, 0.15) is 12.5 Å². The van der Waals surface area contributed by atoms with E-state index in [4.69, 9.17) is 4.74 Å². The first-order valence-corrected chi connectivity index (χ1v) is 10.7. The lowest BCUT2D eigenvalue weighted by molar-refractivity contribution is 0.409. The number of benzene rings is 2. The maximum atomic E-state index is 12.7. The average Bonchev–Trinajstić information content (AvgIpc) is 2.70. The van der Waals surface area contributed by atoms with Crippen molar-refractivity contribution >= 4 is 45.6 Å². The van der Waals surface area contributed by atoms with Crippen LogP contribution in [0.5, 0.6) is 5.75 Å². The smallest absolute Gasteiger partial charge is 0.240 e. The molecule has 164 valence electrons. The molecule has 0 saturated carbocycles. The van der Waals surface area contributed by atoms with Gasteiger partial charge in [0.05, 0.1) is 12.0 Å². The minimum absolute atomic E-state index is 0. The number of nitrogens with one attached hydrogen (secondary N) is 2. The third kappa shape index (κ3) is 6.82. The zero-order valence-corrected chi connectivity index (χ0v) is 19.3. The van der Waals surface area contributed by atoms with E-state index in [1.165, 1.54) is 0 Å². The Kier molecular flexibility index (Phi) is 10.5. The fourth-order valence-electron chi connectivity index (χ4n) is 3.05. The van der Waals surface area contributed by atoms with Gasteiger partial charge < -0.3 is 10.1 Å². The summed E-state index contributed by atoms with van der Waals surface area (Å²) >= 11 is 0. The number of pyridine rings is 1. The number of nitrogens with zero attached hydrogens (tertiary/aromatic N) is 1. The average molecular weight is 472 g/mol. The van der Waals surface area contributed by atoms with Crippen LogP contribution in [-0.2, 0) is 16.4 Å². The molecule has 1 heterocycles. The highest BCUT2D eigenvalue weighted by Crippen LogP contribution is 2.19. The predicted octanol–water partition coefficient (Wildman–Crippen LogP) is 3.59. The van der Waals surface area contributed by atoms with Crippen molar-refractivity contribution in [1.82, 2.24) is 15.0 Å². The number of hydrogen-bond donors (Lipinski definition) is 2. The van der Waals surface area contributed by atoms with Gasteiger partial charge in [0.15, 0.2) is 0 Å². The quantitative estimate of drug-likeness (QED) is 0.466. The van der Waals surface area contributed by atoms with E-state index in [1.54, 1.807) is 43.8 Å². The number of rotatable bonds is 9. The molecular weight excluding hydrogens is 445 g/mol. The van der Waals surface area contributed by atoms with E-state index in [2.05, 4.69) is 15.0 Å². The van der Waals surface area contributed by atoms with Gasteiger partial charge in [0.2, 0.25) is 10.0 Å². The fraction of sp³-hybridized carbons (Fsp3) is 0.286. The lowest BCUT2D eigenvalue weighted by atomic mass is 10.1. The second kappa shape index (κ2) is 12.1. The summed E-state index contributed by atoms with van der Waals surface area (Å²) in [6.07, 6.45) is 4.18. The van der Waals surface area contributed by atoms with Crippen LogP contribution in [0.25, 0.3) is 10.8 Å². The number of ether oxygens (including phenoxy) is 1. The van der Waals surface area contributed by atoms with Crippen LogP contribution in [0.4, 0.5) is 0 Å². The molecule has 6 nitrogen and oxygen atoms in total. The third-order valence-electron chi connectivity index (χ3n) is 4.49. The van der Waals surface area contributed by atoms with Crippen LogP contribution in [0.3, 0.4) is 0 Å². The van der Waals surface area contributed by atoms with E-state index >= 15 is 0 Å². The van der Waals surface area contributed by atoms with Crippen molar-refractivity contribution in [3.63, 3.8) is 0 Å². The molecule has 9 heteroatoms. The number of halogens is 2. The van der Waals surface area contributed by atoms with Crippen LogP contribution < -0.4 is 14.8 Å². The molecule has 2 N–H and O–H groups in total. The van der Waals surface area contributed by atoms with Gasteiger partial charge in [-0.15, -0.1) is 24.8 Å². The maximum Gasteiger partial charge on any atom is 0.240 e. The van der Waals surface area contributed by atoms with Crippen molar-refractivity contribution in [2.45, 2.75) is 24.3 Å². The zero-order chi connectivity index (χ0) is 20.0. The van der Waals surface area contributed by atoms with Gasteiger partial charge in [-0.2, -0.15) is 0 Å². The molecule has 2 aromatic carbocycles. The summed E-state index contributed by atoms with van der Waals surface area (Å²) in [5.41, 5.74) is 1.12. The summed E-state index contributed by atoms with van der Waals surface area (Å²) in [7, 11) is -1.92. The molecule has 0 unspecified atom stereocenters. The normalized spacial score (nSPS) is 11.9. The summed E-state index contributed by atoms with van der Waals surface area (Å²) < 4.78 is 33.4.